The van der Waals surface area contributed by atoms with Crippen LogP contribution in [0.2, 0.25) is 0 Å². The molecule has 5 heteroatoms. The minimum Gasteiger partial charge on any atom is -0.378 e. The highest BCUT2D eigenvalue weighted by molar-refractivity contribution is 9.11. The van der Waals surface area contributed by atoms with Crippen molar-refractivity contribution in [2.24, 2.45) is 0 Å². The van der Waals surface area contributed by atoms with Gasteiger partial charge in [0.25, 0.3) is 5.91 Å². The molecule has 1 amide bonds. The van der Waals surface area contributed by atoms with E-state index in [0.717, 1.165) is 20.2 Å². The summed E-state index contributed by atoms with van der Waals surface area (Å²) in [6.45, 7) is 0.511. The van der Waals surface area contributed by atoms with Gasteiger partial charge in [-0.3, -0.25) is 4.79 Å². The molecule has 21 heavy (non-hydrogen) atoms. The Morgan fingerprint density at radius 3 is 2.14 bits per heavy atom. The molecule has 0 saturated heterocycles. The molecule has 0 unspecified atom stereocenters. The number of hydrogen-bond acceptors (Lipinski definition) is 2. The minimum atomic E-state index is -0.0892. The summed E-state index contributed by atoms with van der Waals surface area (Å²) in [6, 6.07) is 13.6. The molecule has 0 atom stereocenters. The predicted octanol–water partition coefficient (Wildman–Crippen LogP) is 4.21. The van der Waals surface area contributed by atoms with Crippen molar-refractivity contribution in [3.8, 4) is 0 Å². The zero-order valence-corrected chi connectivity index (χ0v) is 15.0. The van der Waals surface area contributed by atoms with Gasteiger partial charge >= 0.3 is 0 Å². The predicted molar refractivity (Wildman–Crippen MR) is 93.8 cm³/mol. The van der Waals surface area contributed by atoms with Crippen molar-refractivity contribution in [1.29, 1.82) is 0 Å². The summed E-state index contributed by atoms with van der Waals surface area (Å²) in [7, 11) is 4.00. The van der Waals surface area contributed by atoms with Gasteiger partial charge in [0.2, 0.25) is 0 Å². The average molecular weight is 412 g/mol. The van der Waals surface area contributed by atoms with E-state index in [1.54, 1.807) is 12.1 Å². The molecular formula is C16H16Br2N2O. The van der Waals surface area contributed by atoms with Gasteiger partial charge in [-0.1, -0.05) is 44.0 Å². The van der Waals surface area contributed by atoms with E-state index in [2.05, 4.69) is 37.2 Å². The van der Waals surface area contributed by atoms with Crippen LogP contribution < -0.4 is 10.2 Å². The highest BCUT2D eigenvalue weighted by Crippen LogP contribution is 2.20. The van der Waals surface area contributed by atoms with E-state index >= 15 is 0 Å². The molecule has 0 fully saturated rings. The number of halogens is 2. The second kappa shape index (κ2) is 7.09. The number of hydrogen-bond donors (Lipinski definition) is 1. The molecule has 110 valence electrons. The van der Waals surface area contributed by atoms with Crippen LogP contribution in [0.1, 0.15) is 15.9 Å². The Morgan fingerprint density at radius 2 is 1.62 bits per heavy atom. The van der Waals surface area contributed by atoms with Crippen molar-refractivity contribution in [2.45, 2.75) is 6.54 Å². The van der Waals surface area contributed by atoms with Crippen molar-refractivity contribution in [2.75, 3.05) is 19.0 Å². The summed E-state index contributed by atoms with van der Waals surface area (Å²) in [5, 5.41) is 2.92. The monoisotopic (exact) mass is 410 g/mol. The maximum absolute atomic E-state index is 12.1. The van der Waals surface area contributed by atoms with Crippen LogP contribution in [0.15, 0.2) is 51.4 Å². The quantitative estimate of drug-likeness (QED) is 0.817. The Hall–Kier alpha value is -1.33. The molecule has 0 saturated carbocycles. The lowest BCUT2D eigenvalue weighted by molar-refractivity contribution is 0.0951. The number of rotatable bonds is 4. The van der Waals surface area contributed by atoms with Crippen LogP contribution in [-0.2, 0) is 6.54 Å². The summed E-state index contributed by atoms with van der Waals surface area (Å²) in [5.74, 6) is -0.0892. The number of nitrogens with one attached hydrogen (secondary N) is 1. The van der Waals surface area contributed by atoms with E-state index in [4.69, 9.17) is 0 Å². The standard InChI is InChI=1S/C16H16Br2N2O/c1-20(2)15-5-3-11(4-6-15)10-19-16(21)12-7-13(17)9-14(18)8-12/h3-9H,10H2,1-2H3,(H,19,21). The number of carbonyl (C=O) groups excluding carboxylic acids is 1. The van der Waals surface area contributed by atoms with Gasteiger partial charge < -0.3 is 10.2 Å². The topological polar surface area (TPSA) is 32.3 Å². The normalized spacial score (nSPS) is 10.3. The number of benzene rings is 2. The van der Waals surface area contributed by atoms with Gasteiger partial charge in [0.15, 0.2) is 0 Å². The minimum absolute atomic E-state index is 0.0892. The van der Waals surface area contributed by atoms with E-state index < -0.39 is 0 Å². The molecule has 0 radical (unpaired) electrons. The highest BCUT2D eigenvalue weighted by atomic mass is 79.9. The molecular weight excluding hydrogens is 396 g/mol. The van der Waals surface area contributed by atoms with E-state index in [9.17, 15) is 4.79 Å². The molecule has 2 aromatic rings. The zero-order valence-electron chi connectivity index (χ0n) is 11.9. The fourth-order valence-corrected chi connectivity index (χ4v) is 3.17. The first-order chi connectivity index (χ1) is 9.95. The molecule has 2 rings (SSSR count). The first kappa shape index (κ1) is 16.0. The van der Waals surface area contributed by atoms with Crippen molar-refractivity contribution in [3.63, 3.8) is 0 Å². The smallest absolute Gasteiger partial charge is 0.251 e. The van der Waals surface area contributed by atoms with Gasteiger partial charge in [0.05, 0.1) is 0 Å². The SMILES string of the molecule is CN(C)c1ccc(CNC(=O)c2cc(Br)cc(Br)c2)cc1. The summed E-state index contributed by atoms with van der Waals surface area (Å²) < 4.78 is 1.75. The van der Waals surface area contributed by atoms with Crippen LogP contribution >= 0.6 is 31.9 Å². The van der Waals surface area contributed by atoms with Crippen molar-refractivity contribution >= 4 is 43.5 Å². The molecule has 0 aliphatic carbocycles. The molecule has 2 aromatic carbocycles. The number of carbonyl (C=O) groups is 1. The second-order valence-corrected chi connectivity index (χ2v) is 6.73. The fourth-order valence-electron chi connectivity index (χ4n) is 1.88. The van der Waals surface area contributed by atoms with Crippen LogP contribution in [-0.4, -0.2) is 20.0 Å². The number of amides is 1. The molecule has 0 aliphatic heterocycles. The Morgan fingerprint density at radius 1 is 1.05 bits per heavy atom. The Bertz CT molecular complexity index is 619. The maximum atomic E-state index is 12.1. The second-order valence-electron chi connectivity index (χ2n) is 4.90. The Kier molecular flexibility index (Phi) is 5.42. The average Bonchev–Trinajstić information content (AvgIpc) is 2.44. The van der Waals surface area contributed by atoms with Gasteiger partial charge in [-0.15, -0.1) is 0 Å². The number of anilines is 1. The first-order valence-corrected chi connectivity index (χ1v) is 8.05. The lowest BCUT2D eigenvalue weighted by Crippen LogP contribution is -2.22. The van der Waals surface area contributed by atoms with E-state index in [1.165, 1.54) is 0 Å². The van der Waals surface area contributed by atoms with Crippen LogP contribution in [0.4, 0.5) is 5.69 Å². The van der Waals surface area contributed by atoms with E-state index in [-0.39, 0.29) is 5.91 Å². The summed E-state index contributed by atoms with van der Waals surface area (Å²) in [5.41, 5.74) is 2.84. The first-order valence-electron chi connectivity index (χ1n) is 6.46. The van der Waals surface area contributed by atoms with Gasteiger partial charge in [-0.05, 0) is 35.9 Å². The highest BCUT2D eigenvalue weighted by Gasteiger charge is 2.07. The fraction of sp³-hybridized carbons (Fsp3) is 0.188. The van der Waals surface area contributed by atoms with Crippen molar-refractivity contribution < 1.29 is 4.79 Å². The third kappa shape index (κ3) is 4.58. The van der Waals surface area contributed by atoms with E-state index in [1.807, 2.05) is 49.3 Å². The Labute approximate surface area is 141 Å². The van der Waals surface area contributed by atoms with Crippen molar-refractivity contribution in [3.05, 3.63) is 62.5 Å². The van der Waals surface area contributed by atoms with Gasteiger partial charge in [-0.25, -0.2) is 0 Å². The maximum Gasteiger partial charge on any atom is 0.251 e. The molecule has 1 N–H and O–H groups in total. The van der Waals surface area contributed by atoms with Crippen molar-refractivity contribution in [1.82, 2.24) is 5.32 Å². The van der Waals surface area contributed by atoms with Gasteiger partial charge in [0.1, 0.15) is 0 Å². The van der Waals surface area contributed by atoms with Crippen LogP contribution in [0.3, 0.4) is 0 Å². The third-order valence-corrected chi connectivity index (χ3v) is 3.95. The largest absolute Gasteiger partial charge is 0.378 e. The number of nitrogens with zero attached hydrogens (tertiary/aromatic N) is 1. The van der Waals surface area contributed by atoms with Gasteiger partial charge in [0, 0.05) is 40.8 Å². The molecule has 0 aliphatic rings. The van der Waals surface area contributed by atoms with Crippen LogP contribution in [0.5, 0.6) is 0 Å². The van der Waals surface area contributed by atoms with Crippen LogP contribution in [0, 0.1) is 0 Å². The lowest BCUT2D eigenvalue weighted by atomic mass is 10.2. The zero-order chi connectivity index (χ0) is 15.4. The molecule has 0 heterocycles. The van der Waals surface area contributed by atoms with E-state index in [0.29, 0.717) is 12.1 Å². The van der Waals surface area contributed by atoms with Crippen LogP contribution in [0.25, 0.3) is 0 Å². The summed E-state index contributed by atoms with van der Waals surface area (Å²) >= 11 is 6.77. The third-order valence-electron chi connectivity index (χ3n) is 3.03. The Balaban J connectivity index is 2.00. The van der Waals surface area contributed by atoms with Gasteiger partial charge in [-0.2, -0.15) is 0 Å². The lowest BCUT2D eigenvalue weighted by Gasteiger charge is -2.13. The molecule has 0 aromatic heterocycles. The summed E-state index contributed by atoms with van der Waals surface area (Å²) in [4.78, 5) is 14.2. The molecule has 0 spiro atoms. The molecule has 3 nitrogen and oxygen atoms in total. The molecule has 0 bridgehead atoms. The summed E-state index contributed by atoms with van der Waals surface area (Å²) in [6.07, 6.45) is 0.